The molecule has 5 rings (SSSR count). The van der Waals surface area contributed by atoms with Crippen molar-refractivity contribution < 1.29 is 18.0 Å². The van der Waals surface area contributed by atoms with Gasteiger partial charge in [0.05, 0.1) is 22.2 Å². The number of alkyl halides is 3. The maximum atomic E-state index is 13.9. The number of aromatic nitrogens is 4. The van der Waals surface area contributed by atoms with Crippen LogP contribution in [0.1, 0.15) is 11.1 Å². The number of benzene rings is 2. The number of nitrogen functional groups attached to an aromatic ring is 1. The second kappa shape index (κ2) is 10.6. The summed E-state index contributed by atoms with van der Waals surface area (Å²) in [5.41, 5.74) is 6.23. The number of nitrogens with two attached hydrogens (primary N) is 1. The third kappa shape index (κ3) is 5.92. The molecule has 11 nitrogen and oxygen atoms in total. The molecule has 0 aliphatic carbocycles. The number of nitrogens with one attached hydrogen (secondary N) is 3. The molecule has 5 N–H and O–H groups in total. The lowest BCUT2D eigenvalue weighted by Gasteiger charge is -2.33. The Bertz CT molecular complexity index is 1620. The van der Waals surface area contributed by atoms with Crippen molar-refractivity contribution in [3.8, 4) is 11.3 Å². The van der Waals surface area contributed by atoms with Crippen LogP contribution in [-0.4, -0.2) is 68.8 Å². The van der Waals surface area contributed by atoms with E-state index in [4.69, 9.17) is 5.73 Å². The molecule has 2 aromatic carbocycles. The summed E-state index contributed by atoms with van der Waals surface area (Å²) in [6, 6.07) is 9.65. The predicted octanol–water partition coefficient (Wildman–Crippen LogP) is 3.32. The van der Waals surface area contributed by atoms with Crippen LogP contribution >= 0.6 is 0 Å². The predicted molar refractivity (Wildman–Crippen MR) is 146 cm³/mol. The highest BCUT2D eigenvalue weighted by Crippen LogP contribution is 2.35. The summed E-state index contributed by atoms with van der Waals surface area (Å²) in [4.78, 5) is 35.6. The zero-order valence-corrected chi connectivity index (χ0v) is 21.8. The molecule has 2 aromatic heterocycles. The highest BCUT2D eigenvalue weighted by molar-refractivity contribution is 5.99. The van der Waals surface area contributed by atoms with Gasteiger partial charge in [-0.05, 0) is 36.9 Å². The molecule has 1 fully saturated rings. The molecule has 0 radical (unpaired) electrons. The van der Waals surface area contributed by atoms with Crippen molar-refractivity contribution in [2.45, 2.75) is 12.7 Å². The number of carbonyl (C=O) groups excluding carboxylic acids is 1. The van der Waals surface area contributed by atoms with Crippen molar-refractivity contribution in [2.75, 3.05) is 49.6 Å². The van der Waals surface area contributed by atoms with E-state index in [2.05, 4.69) is 30.6 Å². The molecule has 4 aromatic rings. The topological polar surface area (TPSA) is 137 Å². The molecule has 0 unspecified atom stereocenters. The molecule has 0 saturated carbocycles. The number of aromatic amines is 1. The van der Waals surface area contributed by atoms with Crippen molar-refractivity contribution in [3.05, 3.63) is 63.9 Å². The number of aryl methyl sites for hydroxylation is 1. The Balaban J connectivity index is 1.31. The van der Waals surface area contributed by atoms with E-state index in [0.29, 0.717) is 35.2 Å². The van der Waals surface area contributed by atoms with Gasteiger partial charge in [0.25, 0.3) is 5.56 Å². The summed E-state index contributed by atoms with van der Waals surface area (Å²) < 4.78 is 43.1. The van der Waals surface area contributed by atoms with Crippen molar-refractivity contribution >= 4 is 34.4 Å². The number of amides is 2. The van der Waals surface area contributed by atoms with E-state index in [-0.39, 0.29) is 29.6 Å². The van der Waals surface area contributed by atoms with E-state index in [9.17, 15) is 22.8 Å². The molecule has 0 spiro atoms. The second-order valence-corrected chi connectivity index (χ2v) is 9.75. The molecule has 3 heterocycles. The molecule has 2 amide bonds. The lowest BCUT2D eigenvalue weighted by Crippen LogP contribution is -2.44. The molecular formula is C26H28F3N9O2. The van der Waals surface area contributed by atoms with Gasteiger partial charge in [-0.15, -0.1) is 0 Å². The van der Waals surface area contributed by atoms with Gasteiger partial charge in [0, 0.05) is 57.1 Å². The third-order valence-electron chi connectivity index (χ3n) is 6.80. The molecule has 1 aliphatic rings. The maximum absolute atomic E-state index is 13.9. The van der Waals surface area contributed by atoms with Gasteiger partial charge in [0.1, 0.15) is 0 Å². The highest BCUT2D eigenvalue weighted by Gasteiger charge is 2.34. The molecular weight excluding hydrogens is 527 g/mol. The number of H-pyrrole nitrogens is 1. The lowest BCUT2D eigenvalue weighted by atomic mass is 10.0. The number of piperazine rings is 1. The van der Waals surface area contributed by atoms with Crippen LogP contribution in [-0.2, 0) is 19.8 Å². The van der Waals surface area contributed by atoms with Gasteiger partial charge in [-0.1, -0.05) is 12.1 Å². The van der Waals surface area contributed by atoms with Gasteiger partial charge >= 0.3 is 12.2 Å². The lowest BCUT2D eigenvalue weighted by molar-refractivity contribution is -0.138. The van der Waals surface area contributed by atoms with E-state index in [0.717, 1.165) is 19.2 Å². The SMILES string of the molecule is CN1CCN(Cc2ccc(NC(=O)Nc3cc(-c4ccc5nc(N)[nH]c(=O)c5c4)n(C)n3)cc2C(F)(F)F)CC1. The number of anilines is 3. The zero-order valence-electron chi connectivity index (χ0n) is 21.8. The van der Waals surface area contributed by atoms with Crippen LogP contribution < -0.4 is 21.9 Å². The quantitative estimate of drug-likeness (QED) is 0.297. The van der Waals surface area contributed by atoms with E-state index >= 15 is 0 Å². The first-order valence-corrected chi connectivity index (χ1v) is 12.5. The summed E-state index contributed by atoms with van der Waals surface area (Å²) in [6.07, 6.45) is -4.57. The Labute approximate surface area is 226 Å². The first-order chi connectivity index (χ1) is 19.0. The van der Waals surface area contributed by atoms with Crippen LogP contribution in [0.3, 0.4) is 0 Å². The Hall–Kier alpha value is -4.43. The molecule has 210 valence electrons. The number of hydrogen-bond acceptors (Lipinski definition) is 7. The van der Waals surface area contributed by atoms with Crippen LogP contribution in [0.5, 0.6) is 0 Å². The largest absolute Gasteiger partial charge is 0.416 e. The van der Waals surface area contributed by atoms with Gasteiger partial charge in [0.2, 0.25) is 5.95 Å². The number of nitrogens with zero attached hydrogens (tertiary/aromatic N) is 5. The molecule has 1 aliphatic heterocycles. The first kappa shape index (κ1) is 27.1. The Kier molecular flexibility index (Phi) is 7.21. The highest BCUT2D eigenvalue weighted by atomic mass is 19.4. The minimum Gasteiger partial charge on any atom is -0.369 e. The standard InChI is InChI=1S/C26H28F3N9O2/c1-36-7-9-38(10-8-36)14-16-3-5-17(12-19(16)26(27,28)29)31-25(40)33-22-13-21(37(2)35-22)15-4-6-20-18(11-15)23(39)34-24(30)32-20/h3-6,11-13H,7-10,14H2,1-2H3,(H3,30,32,34,39)(H2,31,33,35,40). The number of halogens is 3. The van der Waals surface area contributed by atoms with Crippen LogP contribution in [0.4, 0.5) is 35.4 Å². The molecule has 0 atom stereocenters. The van der Waals surface area contributed by atoms with Crippen molar-refractivity contribution in [3.63, 3.8) is 0 Å². The average Bonchev–Trinajstić information content (AvgIpc) is 3.25. The summed E-state index contributed by atoms with van der Waals surface area (Å²) in [5.74, 6) is 0.178. The smallest absolute Gasteiger partial charge is 0.369 e. The number of urea groups is 1. The molecule has 1 saturated heterocycles. The van der Waals surface area contributed by atoms with Crippen LogP contribution in [0.15, 0.2) is 47.3 Å². The number of fused-ring (bicyclic) bond motifs is 1. The number of carbonyl (C=O) groups is 1. The average molecular weight is 556 g/mol. The van der Waals surface area contributed by atoms with E-state index in [1.54, 1.807) is 31.3 Å². The van der Waals surface area contributed by atoms with Crippen molar-refractivity contribution in [2.24, 2.45) is 7.05 Å². The summed E-state index contributed by atoms with van der Waals surface area (Å²) >= 11 is 0. The van der Waals surface area contributed by atoms with E-state index in [1.165, 1.54) is 16.8 Å². The minimum absolute atomic E-state index is 0.00337. The summed E-state index contributed by atoms with van der Waals surface area (Å²) in [7, 11) is 3.64. The summed E-state index contributed by atoms with van der Waals surface area (Å²) in [6.45, 7) is 3.13. The van der Waals surface area contributed by atoms with Gasteiger partial charge in [-0.25, -0.2) is 9.78 Å². The maximum Gasteiger partial charge on any atom is 0.416 e. The number of rotatable bonds is 5. The fraction of sp³-hybridized carbons (Fsp3) is 0.308. The third-order valence-corrected chi connectivity index (χ3v) is 6.80. The van der Waals surface area contributed by atoms with Crippen molar-refractivity contribution in [1.82, 2.24) is 29.5 Å². The van der Waals surface area contributed by atoms with Gasteiger partial charge in [0.15, 0.2) is 5.82 Å². The molecule has 40 heavy (non-hydrogen) atoms. The van der Waals surface area contributed by atoms with E-state index < -0.39 is 23.3 Å². The normalized spacial score (nSPS) is 14.9. The van der Waals surface area contributed by atoms with Crippen LogP contribution in [0.2, 0.25) is 0 Å². The monoisotopic (exact) mass is 555 g/mol. The minimum atomic E-state index is -4.57. The molecule has 14 heteroatoms. The van der Waals surface area contributed by atoms with Crippen molar-refractivity contribution in [1.29, 1.82) is 0 Å². The Morgan fingerprint density at radius 3 is 2.52 bits per heavy atom. The Morgan fingerprint density at radius 1 is 1.05 bits per heavy atom. The number of likely N-dealkylation sites (N-methyl/N-ethyl adjacent to an activating group) is 1. The van der Waals surface area contributed by atoms with Gasteiger partial charge < -0.3 is 16.0 Å². The Morgan fingerprint density at radius 2 is 1.80 bits per heavy atom. The van der Waals surface area contributed by atoms with Gasteiger partial charge in [-0.3, -0.25) is 24.7 Å². The second-order valence-electron chi connectivity index (χ2n) is 9.75. The fourth-order valence-electron chi connectivity index (χ4n) is 4.70. The van der Waals surface area contributed by atoms with Gasteiger partial charge in [-0.2, -0.15) is 18.3 Å². The van der Waals surface area contributed by atoms with Crippen LogP contribution in [0, 0.1) is 0 Å². The number of hydrogen-bond donors (Lipinski definition) is 4. The zero-order chi connectivity index (χ0) is 28.6. The fourth-order valence-corrected chi connectivity index (χ4v) is 4.70. The van der Waals surface area contributed by atoms with E-state index in [1.807, 2.05) is 11.9 Å². The van der Waals surface area contributed by atoms with Crippen LogP contribution in [0.25, 0.3) is 22.2 Å². The molecule has 0 bridgehead atoms. The summed E-state index contributed by atoms with van der Waals surface area (Å²) in [5, 5.41) is 9.60. The first-order valence-electron chi connectivity index (χ1n) is 12.5.